The van der Waals surface area contributed by atoms with Crippen molar-refractivity contribution in [3.8, 4) is 0 Å². The first kappa shape index (κ1) is 18.7. The molecule has 0 atom stereocenters. The lowest BCUT2D eigenvalue weighted by atomic mass is 10.3. The molecule has 0 N–H and O–H groups in total. The summed E-state index contributed by atoms with van der Waals surface area (Å²) in [6.45, 7) is 0.0775. The molecule has 0 fully saturated rings. The molecule has 0 aliphatic rings. The van der Waals surface area contributed by atoms with Crippen LogP contribution in [0.1, 0.15) is 12.8 Å². The zero-order chi connectivity index (χ0) is 15.4. The third-order valence-corrected chi connectivity index (χ3v) is 2.44. The van der Waals surface area contributed by atoms with Gasteiger partial charge in [0.15, 0.2) is 0 Å². The van der Waals surface area contributed by atoms with E-state index in [-0.39, 0.29) is 31.9 Å². The summed E-state index contributed by atoms with van der Waals surface area (Å²) in [7, 11) is 2.76. The molecule has 0 bridgehead atoms. The van der Waals surface area contributed by atoms with Gasteiger partial charge in [-0.05, 0) is 0 Å². The van der Waals surface area contributed by atoms with Crippen molar-refractivity contribution in [2.75, 3.05) is 47.1 Å². The van der Waals surface area contributed by atoms with E-state index in [2.05, 4.69) is 9.47 Å². The van der Waals surface area contributed by atoms with Crippen LogP contribution in [-0.2, 0) is 23.8 Å². The lowest BCUT2D eigenvalue weighted by molar-refractivity contribution is -0.142. The maximum absolute atomic E-state index is 11.8. The number of hydrogen-bond donors (Lipinski definition) is 0. The maximum atomic E-state index is 11.8. The molecule has 8 heteroatoms. The Hall–Kier alpha value is -1.28. The Bertz CT molecular complexity index is 289. The van der Waals surface area contributed by atoms with Gasteiger partial charge in [0.25, 0.3) is 6.43 Å². The standard InChI is InChI=1S/C12H21F2NO5/c1-18-8-6-15(5-3-12(17)19-2)11(16)4-7-20-9-10(13)14/h10H,3-9H2,1-2H3. The van der Waals surface area contributed by atoms with E-state index in [0.29, 0.717) is 13.2 Å². The van der Waals surface area contributed by atoms with Gasteiger partial charge < -0.3 is 19.1 Å². The molecular formula is C12H21F2NO5. The van der Waals surface area contributed by atoms with Crippen LogP contribution in [0.3, 0.4) is 0 Å². The van der Waals surface area contributed by atoms with Crippen LogP contribution in [0.2, 0.25) is 0 Å². The maximum Gasteiger partial charge on any atom is 0.307 e. The van der Waals surface area contributed by atoms with E-state index in [9.17, 15) is 18.4 Å². The average Bonchev–Trinajstić information content (AvgIpc) is 2.42. The number of alkyl halides is 2. The van der Waals surface area contributed by atoms with Gasteiger partial charge >= 0.3 is 5.97 Å². The van der Waals surface area contributed by atoms with Crippen LogP contribution in [0.15, 0.2) is 0 Å². The summed E-state index contributed by atoms with van der Waals surface area (Å²) in [5.74, 6) is -0.700. The highest BCUT2D eigenvalue weighted by Gasteiger charge is 2.15. The molecule has 0 radical (unpaired) electrons. The third kappa shape index (κ3) is 9.62. The Balaban J connectivity index is 4.09. The lowest BCUT2D eigenvalue weighted by Gasteiger charge is -2.22. The van der Waals surface area contributed by atoms with Crippen molar-refractivity contribution in [3.05, 3.63) is 0 Å². The number of halogens is 2. The van der Waals surface area contributed by atoms with Gasteiger partial charge in [-0.1, -0.05) is 0 Å². The van der Waals surface area contributed by atoms with E-state index in [1.54, 1.807) is 0 Å². The molecule has 0 aromatic carbocycles. The van der Waals surface area contributed by atoms with E-state index < -0.39 is 19.0 Å². The summed E-state index contributed by atoms with van der Waals surface area (Å²) in [5, 5.41) is 0. The number of methoxy groups -OCH3 is 2. The van der Waals surface area contributed by atoms with Gasteiger partial charge in [0.1, 0.15) is 6.61 Å². The summed E-state index contributed by atoms with van der Waals surface area (Å²) in [5.41, 5.74) is 0. The summed E-state index contributed by atoms with van der Waals surface area (Å²) >= 11 is 0. The van der Waals surface area contributed by atoms with Gasteiger partial charge in [0.2, 0.25) is 5.91 Å². The van der Waals surface area contributed by atoms with Crippen molar-refractivity contribution >= 4 is 11.9 Å². The van der Waals surface area contributed by atoms with Crippen LogP contribution in [-0.4, -0.2) is 70.3 Å². The quantitative estimate of drug-likeness (QED) is 0.415. The second-order valence-corrected chi connectivity index (χ2v) is 3.92. The summed E-state index contributed by atoms with van der Waals surface area (Å²) in [6, 6.07) is 0. The van der Waals surface area contributed by atoms with Gasteiger partial charge in [-0.2, -0.15) is 0 Å². The molecule has 0 aromatic heterocycles. The minimum atomic E-state index is -2.55. The zero-order valence-electron chi connectivity index (χ0n) is 11.8. The number of carbonyl (C=O) groups excluding carboxylic acids is 2. The van der Waals surface area contributed by atoms with Crippen LogP contribution in [0.5, 0.6) is 0 Å². The first-order chi connectivity index (χ1) is 9.51. The van der Waals surface area contributed by atoms with E-state index in [1.807, 2.05) is 0 Å². The average molecular weight is 297 g/mol. The molecule has 0 aromatic rings. The highest BCUT2D eigenvalue weighted by Crippen LogP contribution is 2.00. The van der Waals surface area contributed by atoms with Gasteiger partial charge in [-0.25, -0.2) is 8.78 Å². The summed E-state index contributed by atoms with van der Waals surface area (Å²) in [6.07, 6.45) is -2.49. The molecule has 0 saturated carbocycles. The number of rotatable bonds is 11. The highest BCUT2D eigenvalue weighted by molar-refractivity contribution is 5.77. The van der Waals surface area contributed by atoms with Gasteiger partial charge in [-0.3, -0.25) is 9.59 Å². The van der Waals surface area contributed by atoms with Crippen LogP contribution in [0.4, 0.5) is 8.78 Å². The van der Waals surface area contributed by atoms with Gasteiger partial charge in [-0.15, -0.1) is 0 Å². The van der Waals surface area contributed by atoms with Crippen LogP contribution in [0, 0.1) is 0 Å². The molecule has 0 heterocycles. The number of hydrogen-bond acceptors (Lipinski definition) is 5. The molecule has 0 aliphatic heterocycles. The molecule has 0 saturated heterocycles. The SMILES string of the molecule is COCCN(CCC(=O)OC)C(=O)CCOCC(F)F. The molecule has 20 heavy (non-hydrogen) atoms. The fourth-order valence-electron chi connectivity index (χ4n) is 1.38. The van der Waals surface area contributed by atoms with Crippen molar-refractivity contribution in [2.45, 2.75) is 19.3 Å². The molecule has 118 valence electrons. The fraction of sp³-hybridized carbons (Fsp3) is 0.833. The summed E-state index contributed by atoms with van der Waals surface area (Å²) < 4.78 is 37.7. The van der Waals surface area contributed by atoms with E-state index >= 15 is 0 Å². The Morgan fingerprint density at radius 2 is 1.80 bits per heavy atom. The predicted octanol–water partition coefficient (Wildman–Crippen LogP) is 0.696. The van der Waals surface area contributed by atoms with Gasteiger partial charge in [0.05, 0.1) is 33.2 Å². The molecular weight excluding hydrogens is 276 g/mol. The first-order valence-electron chi connectivity index (χ1n) is 6.20. The lowest BCUT2D eigenvalue weighted by Crippen LogP contribution is -2.36. The Morgan fingerprint density at radius 3 is 2.35 bits per heavy atom. The Kier molecular flexibility index (Phi) is 10.8. The van der Waals surface area contributed by atoms with Crippen molar-refractivity contribution in [1.29, 1.82) is 0 Å². The number of carbonyl (C=O) groups is 2. The summed E-state index contributed by atoms with van der Waals surface area (Å²) in [4.78, 5) is 24.3. The van der Waals surface area contributed by atoms with Crippen molar-refractivity contribution in [3.63, 3.8) is 0 Å². The molecule has 0 rings (SSSR count). The second-order valence-electron chi connectivity index (χ2n) is 3.92. The third-order valence-electron chi connectivity index (χ3n) is 2.44. The van der Waals surface area contributed by atoms with Crippen LogP contribution >= 0.6 is 0 Å². The molecule has 1 amide bonds. The van der Waals surface area contributed by atoms with Crippen LogP contribution < -0.4 is 0 Å². The van der Waals surface area contributed by atoms with Crippen molar-refractivity contribution in [1.82, 2.24) is 4.90 Å². The molecule has 6 nitrogen and oxygen atoms in total. The monoisotopic (exact) mass is 297 g/mol. The Labute approximate surface area is 117 Å². The minimum absolute atomic E-state index is 0.0163. The number of nitrogens with zero attached hydrogens (tertiary/aromatic N) is 1. The van der Waals surface area contributed by atoms with Crippen LogP contribution in [0.25, 0.3) is 0 Å². The zero-order valence-corrected chi connectivity index (χ0v) is 11.8. The number of amides is 1. The van der Waals surface area contributed by atoms with Crippen molar-refractivity contribution < 1.29 is 32.6 Å². The molecule has 0 unspecified atom stereocenters. The smallest absolute Gasteiger partial charge is 0.307 e. The normalized spacial score (nSPS) is 10.7. The van der Waals surface area contributed by atoms with E-state index in [0.717, 1.165) is 0 Å². The van der Waals surface area contributed by atoms with Crippen molar-refractivity contribution in [2.24, 2.45) is 0 Å². The highest BCUT2D eigenvalue weighted by atomic mass is 19.3. The molecule has 0 spiro atoms. The second kappa shape index (κ2) is 11.5. The predicted molar refractivity (Wildman–Crippen MR) is 66.5 cm³/mol. The van der Waals surface area contributed by atoms with E-state index in [4.69, 9.17) is 4.74 Å². The first-order valence-corrected chi connectivity index (χ1v) is 6.20. The number of ether oxygens (including phenoxy) is 3. The Morgan fingerprint density at radius 1 is 1.10 bits per heavy atom. The fourth-order valence-corrected chi connectivity index (χ4v) is 1.38. The number of esters is 1. The van der Waals surface area contributed by atoms with E-state index in [1.165, 1.54) is 19.1 Å². The minimum Gasteiger partial charge on any atom is -0.469 e. The molecule has 0 aliphatic carbocycles. The topological polar surface area (TPSA) is 65.1 Å². The van der Waals surface area contributed by atoms with Gasteiger partial charge in [0, 0.05) is 20.2 Å². The largest absolute Gasteiger partial charge is 0.469 e.